The molecule has 0 aromatic heterocycles. The minimum absolute atomic E-state index is 0.0785. The van der Waals surface area contributed by atoms with Crippen molar-refractivity contribution in [3.63, 3.8) is 0 Å². The van der Waals surface area contributed by atoms with Gasteiger partial charge in [0.1, 0.15) is 18.2 Å². The second-order valence-corrected chi connectivity index (χ2v) is 4.89. The first-order chi connectivity index (χ1) is 9.42. The van der Waals surface area contributed by atoms with Crippen LogP contribution in [0.3, 0.4) is 0 Å². The molecule has 1 aromatic carbocycles. The molecule has 0 bridgehead atoms. The van der Waals surface area contributed by atoms with Crippen molar-refractivity contribution in [1.82, 2.24) is 4.90 Å². The van der Waals surface area contributed by atoms with Gasteiger partial charge in [0.15, 0.2) is 0 Å². The fourth-order valence-electron chi connectivity index (χ4n) is 1.87. The lowest BCUT2D eigenvalue weighted by molar-refractivity contribution is -0.136. The van der Waals surface area contributed by atoms with E-state index in [-0.39, 0.29) is 11.7 Å². The normalized spacial score (nSPS) is 11.2. The summed E-state index contributed by atoms with van der Waals surface area (Å²) in [4.78, 5) is 13.8. The third-order valence-electron chi connectivity index (χ3n) is 3.54. The molecule has 0 saturated carbocycles. The van der Waals surface area contributed by atoms with Crippen molar-refractivity contribution in [1.29, 1.82) is 0 Å². The second kappa shape index (κ2) is 7.24. The molecule has 0 aliphatic heterocycles. The molecule has 0 saturated heterocycles. The van der Waals surface area contributed by atoms with Gasteiger partial charge in [-0.3, -0.25) is 4.79 Å². The Hall–Kier alpha value is -1.62. The van der Waals surface area contributed by atoms with Gasteiger partial charge in [0.25, 0.3) is 0 Å². The molecule has 2 N–H and O–H groups in total. The van der Waals surface area contributed by atoms with Crippen molar-refractivity contribution >= 4 is 5.91 Å². The maximum Gasteiger partial charge on any atom is 0.242 e. The Morgan fingerprint density at radius 2 is 1.85 bits per heavy atom. The molecule has 0 unspecified atom stereocenters. The Morgan fingerprint density at radius 3 is 2.35 bits per heavy atom. The Bertz CT molecular complexity index is 430. The molecule has 20 heavy (non-hydrogen) atoms. The number of likely N-dealkylation sites (N-methyl/N-ethyl adjacent to an activating group) is 1. The number of carbonyl (C=O) groups excluding carboxylic acids is 1. The van der Waals surface area contributed by atoms with Crippen LogP contribution >= 0.6 is 0 Å². The molecular weight excluding hydrogens is 259 g/mol. The first-order valence-electron chi connectivity index (χ1n) is 6.85. The molecule has 112 valence electrons. The lowest BCUT2D eigenvalue weighted by Crippen LogP contribution is -2.54. The van der Waals surface area contributed by atoms with Gasteiger partial charge in [0, 0.05) is 7.05 Å². The largest absolute Gasteiger partial charge is 0.492 e. The molecule has 0 fully saturated rings. The van der Waals surface area contributed by atoms with Crippen LogP contribution in [0.2, 0.25) is 0 Å². The Balaban J connectivity index is 2.45. The summed E-state index contributed by atoms with van der Waals surface area (Å²) in [6.07, 6.45) is 1.21. The predicted octanol–water partition coefficient (Wildman–Crippen LogP) is 2.18. The number of amides is 1. The molecule has 1 amide bonds. The Morgan fingerprint density at radius 1 is 1.30 bits per heavy atom. The molecule has 1 rings (SSSR count). The zero-order chi connectivity index (χ0) is 15.2. The molecule has 0 aliphatic carbocycles. The maximum absolute atomic E-state index is 12.7. The maximum atomic E-state index is 12.7. The quantitative estimate of drug-likeness (QED) is 0.834. The highest BCUT2D eigenvalue weighted by Gasteiger charge is 2.32. The number of nitrogens with zero attached hydrogens (tertiary/aromatic N) is 1. The van der Waals surface area contributed by atoms with Gasteiger partial charge in [0.2, 0.25) is 5.91 Å². The highest BCUT2D eigenvalue weighted by molar-refractivity contribution is 5.85. The number of ether oxygens (including phenoxy) is 1. The predicted molar refractivity (Wildman–Crippen MR) is 77.0 cm³/mol. The third kappa shape index (κ3) is 4.20. The van der Waals surface area contributed by atoms with Crippen molar-refractivity contribution in [3.8, 4) is 5.75 Å². The number of carbonyl (C=O) groups is 1. The van der Waals surface area contributed by atoms with Crippen LogP contribution < -0.4 is 10.5 Å². The van der Waals surface area contributed by atoms with Gasteiger partial charge in [-0.1, -0.05) is 13.8 Å². The molecule has 1 aromatic rings. The van der Waals surface area contributed by atoms with E-state index in [0.717, 1.165) is 0 Å². The fourth-order valence-corrected chi connectivity index (χ4v) is 1.87. The highest BCUT2D eigenvalue weighted by Crippen LogP contribution is 2.15. The SMILES string of the molecule is CCC(N)(CC)C(=O)N(C)CCOc1ccc(F)cc1. The zero-order valence-electron chi connectivity index (χ0n) is 12.4. The second-order valence-electron chi connectivity index (χ2n) is 4.89. The molecular formula is C15H23FN2O2. The van der Waals surface area contributed by atoms with E-state index in [1.54, 1.807) is 24.1 Å². The minimum atomic E-state index is -0.801. The topological polar surface area (TPSA) is 55.6 Å². The van der Waals surface area contributed by atoms with Crippen molar-refractivity contribution in [3.05, 3.63) is 30.1 Å². The van der Waals surface area contributed by atoms with Crippen LogP contribution in [0.5, 0.6) is 5.75 Å². The summed E-state index contributed by atoms with van der Waals surface area (Å²) in [7, 11) is 1.71. The summed E-state index contributed by atoms with van der Waals surface area (Å²) in [5, 5.41) is 0. The summed E-state index contributed by atoms with van der Waals surface area (Å²) in [6.45, 7) is 4.60. The van der Waals surface area contributed by atoms with E-state index in [9.17, 15) is 9.18 Å². The zero-order valence-corrected chi connectivity index (χ0v) is 12.4. The van der Waals surface area contributed by atoms with E-state index in [1.165, 1.54) is 12.1 Å². The van der Waals surface area contributed by atoms with Gasteiger partial charge in [-0.2, -0.15) is 0 Å². The Labute approximate surface area is 119 Å². The number of benzene rings is 1. The fraction of sp³-hybridized carbons (Fsp3) is 0.533. The van der Waals surface area contributed by atoms with Gasteiger partial charge >= 0.3 is 0 Å². The van der Waals surface area contributed by atoms with E-state index in [0.29, 0.717) is 31.7 Å². The molecule has 0 heterocycles. The summed E-state index contributed by atoms with van der Waals surface area (Å²) in [5.41, 5.74) is 5.27. The van der Waals surface area contributed by atoms with Crippen LogP contribution in [0.1, 0.15) is 26.7 Å². The summed E-state index contributed by atoms with van der Waals surface area (Å²) in [6, 6.07) is 5.79. The number of nitrogens with two attached hydrogens (primary N) is 1. The molecule has 4 nitrogen and oxygen atoms in total. The lowest BCUT2D eigenvalue weighted by Gasteiger charge is -2.30. The van der Waals surface area contributed by atoms with Crippen molar-refractivity contribution in [2.24, 2.45) is 5.73 Å². The van der Waals surface area contributed by atoms with Gasteiger partial charge < -0.3 is 15.4 Å². The van der Waals surface area contributed by atoms with Gasteiger partial charge in [-0.25, -0.2) is 4.39 Å². The highest BCUT2D eigenvalue weighted by atomic mass is 19.1. The van der Waals surface area contributed by atoms with E-state index in [4.69, 9.17) is 10.5 Å². The van der Waals surface area contributed by atoms with Crippen LogP contribution in [-0.4, -0.2) is 36.5 Å². The molecule has 0 spiro atoms. The van der Waals surface area contributed by atoms with Crippen LogP contribution in [0.4, 0.5) is 4.39 Å². The van der Waals surface area contributed by atoms with E-state index < -0.39 is 5.54 Å². The van der Waals surface area contributed by atoms with Crippen molar-refractivity contribution in [2.75, 3.05) is 20.2 Å². The first kappa shape index (κ1) is 16.4. The van der Waals surface area contributed by atoms with E-state index >= 15 is 0 Å². The van der Waals surface area contributed by atoms with Crippen LogP contribution in [-0.2, 0) is 4.79 Å². The van der Waals surface area contributed by atoms with E-state index in [2.05, 4.69) is 0 Å². The summed E-state index contributed by atoms with van der Waals surface area (Å²) in [5.74, 6) is 0.200. The average Bonchev–Trinajstić information content (AvgIpc) is 2.47. The monoisotopic (exact) mass is 282 g/mol. The molecule has 0 aliphatic rings. The number of rotatable bonds is 7. The molecule has 0 radical (unpaired) electrons. The lowest BCUT2D eigenvalue weighted by atomic mass is 9.92. The van der Waals surface area contributed by atoms with Crippen LogP contribution in [0.15, 0.2) is 24.3 Å². The van der Waals surface area contributed by atoms with Gasteiger partial charge in [-0.05, 0) is 37.1 Å². The van der Waals surface area contributed by atoms with Crippen molar-refractivity contribution < 1.29 is 13.9 Å². The van der Waals surface area contributed by atoms with Crippen molar-refractivity contribution in [2.45, 2.75) is 32.2 Å². The number of hydrogen-bond donors (Lipinski definition) is 1. The third-order valence-corrected chi connectivity index (χ3v) is 3.54. The number of halogens is 1. The van der Waals surface area contributed by atoms with Crippen LogP contribution in [0.25, 0.3) is 0 Å². The minimum Gasteiger partial charge on any atom is -0.492 e. The molecule has 0 atom stereocenters. The Kier molecular flexibility index (Phi) is 5.95. The standard InChI is InChI=1S/C15H23FN2O2/c1-4-15(17,5-2)14(19)18(3)10-11-20-13-8-6-12(16)7-9-13/h6-9H,4-5,10-11,17H2,1-3H3. The summed E-state index contributed by atoms with van der Waals surface area (Å²) < 4.78 is 18.2. The summed E-state index contributed by atoms with van der Waals surface area (Å²) >= 11 is 0. The smallest absolute Gasteiger partial charge is 0.242 e. The average molecular weight is 282 g/mol. The number of hydrogen-bond acceptors (Lipinski definition) is 3. The van der Waals surface area contributed by atoms with E-state index in [1.807, 2.05) is 13.8 Å². The van der Waals surface area contributed by atoms with Gasteiger partial charge in [0.05, 0.1) is 12.1 Å². The first-order valence-corrected chi connectivity index (χ1v) is 6.85. The van der Waals surface area contributed by atoms with Gasteiger partial charge in [-0.15, -0.1) is 0 Å². The molecule has 5 heteroatoms. The van der Waals surface area contributed by atoms with Crippen LogP contribution in [0, 0.1) is 5.82 Å².